The van der Waals surface area contributed by atoms with E-state index in [-0.39, 0.29) is 14.7 Å². The van der Waals surface area contributed by atoms with Crippen molar-refractivity contribution in [2.24, 2.45) is 20.8 Å². The fourth-order valence-electron chi connectivity index (χ4n) is 4.44. The Labute approximate surface area is 288 Å². The van der Waals surface area contributed by atoms with E-state index in [0.29, 0.717) is 46.3 Å². The molecular weight excluding hydrogens is 625 g/mol. The van der Waals surface area contributed by atoms with E-state index >= 15 is 0 Å². The van der Waals surface area contributed by atoms with Gasteiger partial charge in [0.15, 0.2) is 0 Å². The molecule has 1 aliphatic rings. The molecule has 0 saturated carbocycles. The highest BCUT2D eigenvalue weighted by molar-refractivity contribution is 7.31. The van der Waals surface area contributed by atoms with Crippen molar-refractivity contribution in [3.05, 3.63) is 71.7 Å². The van der Waals surface area contributed by atoms with Crippen LogP contribution in [0.1, 0.15) is 55.1 Å². The number of nitrogens with two attached hydrogens (primary N) is 1. The zero-order valence-electron chi connectivity index (χ0n) is 29.5. The minimum Gasteiger partial charge on any atom is -0.495 e. The number of nitriles is 1. The maximum absolute atomic E-state index is 13.2. The zero-order valence-corrected chi connectivity index (χ0v) is 30.5. The van der Waals surface area contributed by atoms with Crippen molar-refractivity contribution in [3.8, 4) is 17.6 Å². The van der Waals surface area contributed by atoms with E-state index in [2.05, 4.69) is 58.6 Å². The summed E-state index contributed by atoms with van der Waals surface area (Å²) < 4.78 is 11.1. The van der Waals surface area contributed by atoms with Crippen LogP contribution in [-0.4, -0.2) is 101 Å². The van der Waals surface area contributed by atoms with Gasteiger partial charge in [-0.15, -0.1) is 0 Å². The van der Waals surface area contributed by atoms with Crippen LogP contribution in [0.15, 0.2) is 70.1 Å². The van der Waals surface area contributed by atoms with E-state index in [1.165, 1.54) is 6.20 Å². The lowest BCUT2D eigenvalue weighted by Gasteiger charge is -2.21. The largest absolute Gasteiger partial charge is 0.495 e. The number of hydrazone groups is 1. The molecule has 3 N–H and O–H groups in total. The molecule has 1 fully saturated rings. The van der Waals surface area contributed by atoms with Gasteiger partial charge in [-0.05, 0) is 69.0 Å². The van der Waals surface area contributed by atoms with Gasteiger partial charge in [0, 0.05) is 63.5 Å². The van der Waals surface area contributed by atoms with Gasteiger partial charge in [-0.1, -0.05) is 33.4 Å². The fraction of sp³-hybridized carbons (Fsp3) is 0.400. The van der Waals surface area contributed by atoms with Crippen LogP contribution in [0.5, 0.6) is 11.5 Å². The van der Waals surface area contributed by atoms with E-state index in [1.54, 1.807) is 68.1 Å². The molecule has 1 saturated heterocycles. The molecule has 2 aromatic carbocycles. The number of nitrogens with one attached hydrogen (secondary N) is 1. The third-order valence-electron chi connectivity index (χ3n) is 6.80. The predicted octanol–water partition coefficient (Wildman–Crippen LogP) is 5.90. The maximum atomic E-state index is 13.2. The third-order valence-corrected chi connectivity index (χ3v) is 7.23. The number of amides is 1. The minimum absolute atomic E-state index is 0.0185. The van der Waals surface area contributed by atoms with Crippen LogP contribution in [0.2, 0.25) is 0 Å². The normalized spacial score (nSPS) is 13.5. The number of anilines is 1. The van der Waals surface area contributed by atoms with Crippen LogP contribution in [0, 0.1) is 11.3 Å². The van der Waals surface area contributed by atoms with Gasteiger partial charge in [-0.2, -0.15) is 10.4 Å². The topological polar surface area (TPSA) is 144 Å². The smallest absolute Gasteiger partial charge is 0.253 e. The number of likely N-dealkylation sites (N-methyl/N-ethyl adjacent to an activating group) is 1. The molecule has 1 aliphatic heterocycles. The molecule has 1 atom stereocenters. The fourth-order valence-corrected chi connectivity index (χ4v) is 4.82. The number of methoxy groups -OCH3 is 1. The van der Waals surface area contributed by atoms with Gasteiger partial charge < -0.3 is 30.1 Å². The molecule has 1 amide bonds. The summed E-state index contributed by atoms with van der Waals surface area (Å²) in [4.78, 5) is 25.5. The first-order valence-electron chi connectivity index (χ1n) is 15.9. The lowest BCUT2D eigenvalue weighted by molar-refractivity contribution is 0.0763. The van der Waals surface area contributed by atoms with Crippen molar-refractivity contribution in [3.63, 3.8) is 0 Å². The number of ether oxygens (including phenoxy) is 1. The molecule has 12 nitrogen and oxygen atoms in total. The number of allylic oxidation sites excluding steroid dienone is 1. The van der Waals surface area contributed by atoms with Crippen LogP contribution in [0.3, 0.4) is 0 Å². The number of aliphatic imine (C=N–C) groups is 2. The number of carbonyl (C=O) groups excluding carboxylic acids is 1. The van der Waals surface area contributed by atoms with Crippen molar-refractivity contribution in [1.29, 1.82) is 5.26 Å². The summed E-state index contributed by atoms with van der Waals surface area (Å²) >= 11 is 0. The number of hydrogen-bond acceptors (Lipinski definition) is 10. The van der Waals surface area contributed by atoms with E-state index in [9.17, 15) is 10.1 Å². The lowest BCUT2D eigenvalue weighted by Crippen LogP contribution is -2.34. The van der Waals surface area contributed by atoms with Crippen molar-refractivity contribution in [2.45, 2.75) is 33.6 Å². The first-order valence-corrected chi connectivity index (χ1v) is 17.3. The highest BCUT2D eigenvalue weighted by Gasteiger charge is 2.20. The number of hydrogen-bond donors (Lipinski definition) is 2. The van der Waals surface area contributed by atoms with Crippen molar-refractivity contribution >= 4 is 45.2 Å². The molecule has 1 heterocycles. The Balaban J connectivity index is 0.000000905. The first-order chi connectivity index (χ1) is 23.2. The van der Waals surface area contributed by atoms with Gasteiger partial charge in [0.2, 0.25) is 0 Å². The molecule has 0 radical (unpaired) electrons. The third kappa shape index (κ3) is 13.6. The molecular formula is C35H52N9O3P. The molecule has 48 heavy (non-hydrogen) atoms. The van der Waals surface area contributed by atoms with Gasteiger partial charge in [0.1, 0.15) is 29.7 Å². The number of rotatable bonds is 13. The lowest BCUT2D eigenvalue weighted by atomic mass is 10.1. The molecule has 13 heteroatoms. The van der Waals surface area contributed by atoms with Crippen LogP contribution in [0.4, 0.5) is 5.69 Å². The highest BCUT2D eigenvalue weighted by Crippen LogP contribution is 2.29. The summed E-state index contributed by atoms with van der Waals surface area (Å²) in [5.74, 6) is 1.37. The summed E-state index contributed by atoms with van der Waals surface area (Å²) in [6.07, 6.45) is 6.66. The van der Waals surface area contributed by atoms with Crippen molar-refractivity contribution in [1.82, 2.24) is 14.8 Å². The standard InChI is InChI=1S/C27H33N6O3P.C6H13N3.C2H6/c1-19(30-18-23(17-29)20-6-7-22(16-28)26(15-20)36-37-4)31-24-14-21(8-9-25(24)35-3)27(34)33-11-5-10-32(2)12-13-33;1-4-5-9(8-3)6-7-2;1-2/h6-9,14-15,17-18,31,37H,1,5,10-13,29H2,2-4H3;6H,3-5H2,1-2H3;1-2H3/b23-17+,30-18-;;. The molecule has 2 aromatic rings. The molecule has 3 rings (SSSR count). The second kappa shape index (κ2) is 23.6. The number of carbonyl (C=O) groups is 1. The molecule has 0 bridgehead atoms. The minimum atomic E-state index is -0.0185. The molecule has 0 spiro atoms. The molecule has 260 valence electrons. The molecule has 0 aromatic heterocycles. The Morgan fingerprint density at radius 2 is 1.90 bits per heavy atom. The second-order valence-corrected chi connectivity index (χ2v) is 10.7. The quantitative estimate of drug-likeness (QED) is 0.115. The number of nitrogens with zero attached hydrogens (tertiary/aromatic N) is 7. The van der Waals surface area contributed by atoms with Crippen LogP contribution >= 0.6 is 8.81 Å². The predicted molar refractivity (Wildman–Crippen MR) is 203 cm³/mol. The van der Waals surface area contributed by atoms with Crippen molar-refractivity contribution < 1.29 is 14.1 Å². The van der Waals surface area contributed by atoms with Crippen LogP contribution in [-0.2, 0) is 0 Å². The Morgan fingerprint density at radius 3 is 2.50 bits per heavy atom. The summed E-state index contributed by atoms with van der Waals surface area (Å²) in [5, 5.41) is 17.8. The molecule has 0 aliphatic carbocycles. The van der Waals surface area contributed by atoms with Crippen LogP contribution in [0.25, 0.3) is 5.57 Å². The highest BCUT2D eigenvalue weighted by atomic mass is 31.1. The molecule has 1 unspecified atom stereocenters. The van der Waals surface area contributed by atoms with Gasteiger partial charge in [-0.25, -0.2) is 4.99 Å². The van der Waals surface area contributed by atoms with Gasteiger partial charge in [-0.3, -0.25) is 14.8 Å². The van der Waals surface area contributed by atoms with E-state index < -0.39 is 0 Å². The van der Waals surface area contributed by atoms with Crippen molar-refractivity contribution in [2.75, 3.05) is 65.9 Å². The monoisotopic (exact) mass is 677 g/mol. The maximum Gasteiger partial charge on any atom is 0.253 e. The first kappa shape index (κ1) is 41.3. The van der Waals surface area contributed by atoms with Gasteiger partial charge >= 0.3 is 0 Å². The number of benzene rings is 2. The van der Waals surface area contributed by atoms with Crippen LogP contribution < -0.4 is 20.3 Å². The Kier molecular flexibility index (Phi) is 20.3. The van der Waals surface area contributed by atoms with Gasteiger partial charge in [0.25, 0.3) is 5.91 Å². The summed E-state index contributed by atoms with van der Waals surface area (Å²) in [5.41, 5.74) is 8.82. The van der Waals surface area contributed by atoms with Gasteiger partial charge in [0.05, 0.1) is 27.2 Å². The Hall–Kier alpha value is -4.72. The average molecular weight is 678 g/mol. The van der Waals surface area contributed by atoms with E-state index in [0.717, 1.165) is 44.6 Å². The Bertz CT molecular complexity index is 1450. The van der Waals surface area contributed by atoms with E-state index in [1.807, 2.05) is 25.4 Å². The summed E-state index contributed by atoms with van der Waals surface area (Å²) in [7, 11) is 5.55. The van der Waals surface area contributed by atoms with E-state index in [4.69, 9.17) is 15.0 Å². The average Bonchev–Trinajstić information content (AvgIpc) is 3.33. The summed E-state index contributed by atoms with van der Waals surface area (Å²) in [6, 6.07) is 12.6. The zero-order chi connectivity index (χ0) is 35.9. The summed E-state index contributed by atoms with van der Waals surface area (Å²) in [6.45, 7) is 19.5. The Morgan fingerprint density at radius 1 is 1.17 bits per heavy atom. The second-order valence-electron chi connectivity index (χ2n) is 10.1. The SMILES string of the molecule is C=C(/N=C\C(=C/N)c1ccc(C#N)c(OPC)c1)Nc1cc(C(=O)N2CCCN(C)CC2)ccc1OC.C=NN(C=NC)CCC.CC.